The Morgan fingerprint density at radius 1 is 0.923 bits per heavy atom. The lowest BCUT2D eigenvalue weighted by molar-refractivity contribution is -0.133. The zero-order valence-corrected chi connectivity index (χ0v) is 30.8. The zero-order valence-electron chi connectivity index (χ0n) is 30.8. The summed E-state index contributed by atoms with van der Waals surface area (Å²) >= 11 is 0. The molecule has 3 fully saturated rings. The second kappa shape index (κ2) is 16.4. The van der Waals surface area contributed by atoms with E-state index in [1.54, 1.807) is 57.0 Å². The number of imide groups is 1. The molecule has 0 aliphatic carbocycles. The summed E-state index contributed by atoms with van der Waals surface area (Å²) in [6.07, 6.45) is 3.83. The molecule has 0 radical (unpaired) electrons. The van der Waals surface area contributed by atoms with Gasteiger partial charge in [0.05, 0.1) is 38.1 Å². The molecule has 3 aliphatic rings. The summed E-state index contributed by atoms with van der Waals surface area (Å²) in [7, 11) is 6.57. The van der Waals surface area contributed by atoms with Crippen LogP contribution in [-0.4, -0.2) is 98.7 Å². The number of piperidine rings is 2. The molecule has 282 valence electrons. The van der Waals surface area contributed by atoms with Crippen LogP contribution in [-0.2, 0) is 23.2 Å². The minimum atomic E-state index is -2.93. The second-order valence-corrected chi connectivity index (χ2v) is 13.6. The first-order valence-corrected chi connectivity index (χ1v) is 17.6. The highest BCUT2D eigenvalue weighted by molar-refractivity contribution is 5.97. The SMILES string of the molecule is CNc1ccc(N2CCN(C3CCN(Cc4c(OC)cc(-c5cn(C)c(=O)c(C)c5C)cc4OC)CC3(F)F)CC2)c(F)c1.O=C1CCCC(=O)N1. The second-order valence-electron chi connectivity index (χ2n) is 13.6. The Labute approximate surface area is 302 Å². The maximum Gasteiger partial charge on any atom is 0.275 e. The van der Waals surface area contributed by atoms with Crippen molar-refractivity contribution in [1.82, 2.24) is 19.7 Å². The van der Waals surface area contributed by atoms with Crippen molar-refractivity contribution in [3.05, 3.63) is 69.4 Å². The number of hydrogen-bond donors (Lipinski definition) is 2. The molecule has 4 heterocycles. The maximum atomic E-state index is 15.7. The van der Waals surface area contributed by atoms with Gasteiger partial charge in [0.1, 0.15) is 17.3 Å². The van der Waals surface area contributed by atoms with E-state index >= 15 is 8.78 Å². The third-order valence-electron chi connectivity index (χ3n) is 10.3. The number of anilines is 2. The number of nitrogens with one attached hydrogen (secondary N) is 2. The van der Waals surface area contributed by atoms with Gasteiger partial charge in [0.25, 0.3) is 11.5 Å². The lowest BCUT2D eigenvalue weighted by Crippen LogP contribution is -2.61. The number of likely N-dealkylation sites (tertiary alicyclic amines) is 1. The fraction of sp³-hybridized carbons (Fsp3) is 0.500. The van der Waals surface area contributed by atoms with Crippen molar-refractivity contribution in [3.63, 3.8) is 0 Å². The van der Waals surface area contributed by atoms with E-state index in [0.29, 0.717) is 92.4 Å². The fourth-order valence-electron chi connectivity index (χ4n) is 7.25. The molecule has 0 spiro atoms. The average molecular weight is 727 g/mol. The van der Waals surface area contributed by atoms with E-state index in [4.69, 9.17) is 9.47 Å². The van der Waals surface area contributed by atoms with Crippen LogP contribution in [0, 0.1) is 19.7 Å². The number of nitrogens with zero attached hydrogens (tertiary/aromatic N) is 4. The summed E-state index contributed by atoms with van der Waals surface area (Å²) in [5.41, 5.74) is 5.06. The van der Waals surface area contributed by atoms with Crippen LogP contribution in [0.3, 0.4) is 0 Å². The van der Waals surface area contributed by atoms with Gasteiger partial charge in [-0.25, -0.2) is 13.2 Å². The number of carbonyl (C=O) groups is 2. The molecule has 2 amide bonds. The van der Waals surface area contributed by atoms with E-state index in [9.17, 15) is 18.8 Å². The smallest absolute Gasteiger partial charge is 0.275 e. The van der Waals surface area contributed by atoms with Gasteiger partial charge in [-0.15, -0.1) is 0 Å². The van der Waals surface area contributed by atoms with E-state index in [1.165, 1.54) is 6.07 Å². The van der Waals surface area contributed by atoms with Gasteiger partial charge in [0.2, 0.25) is 11.8 Å². The Balaban J connectivity index is 0.000000577. The molecule has 1 unspecified atom stereocenters. The lowest BCUT2D eigenvalue weighted by Gasteiger charge is -2.46. The van der Waals surface area contributed by atoms with Crippen LogP contribution in [0.25, 0.3) is 11.1 Å². The zero-order chi connectivity index (χ0) is 37.7. The standard InChI is InChI=1S/C33H42F3N5O3.C5H7NO2/c1-21-22(2)32(42)38(4)18-25(21)23-15-29(43-5)26(30(16-23)44-6)19-39-10-9-31(33(35,36)20-39)41-13-11-40(12-14-41)28-8-7-24(37-3)17-27(28)34;7-4-2-1-3-5(8)6-4/h7-8,15-18,31,37H,9-14,19-20H2,1-6H3;1-3H2,(H,6,7,8). The number of alkyl halides is 2. The summed E-state index contributed by atoms with van der Waals surface area (Å²) in [5.74, 6) is -2.43. The summed E-state index contributed by atoms with van der Waals surface area (Å²) in [6.45, 7) is 5.93. The molecule has 1 aromatic heterocycles. The van der Waals surface area contributed by atoms with Crippen LogP contribution in [0.2, 0.25) is 0 Å². The highest BCUT2D eigenvalue weighted by atomic mass is 19.3. The number of methoxy groups -OCH3 is 2. The molecular formula is C38H49F3N6O5. The molecule has 3 saturated heterocycles. The highest BCUT2D eigenvalue weighted by Gasteiger charge is 2.48. The Morgan fingerprint density at radius 2 is 1.56 bits per heavy atom. The Morgan fingerprint density at radius 3 is 2.08 bits per heavy atom. The largest absolute Gasteiger partial charge is 0.496 e. The molecule has 0 saturated carbocycles. The number of ether oxygens (including phenoxy) is 2. The molecule has 3 aliphatic heterocycles. The first-order chi connectivity index (χ1) is 24.8. The van der Waals surface area contributed by atoms with E-state index in [2.05, 4.69) is 10.6 Å². The van der Waals surface area contributed by atoms with Crippen molar-refractivity contribution < 1.29 is 32.2 Å². The van der Waals surface area contributed by atoms with Crippen molar-refractivity contribution in [2.45, 2.75) is 58.0 Å². The summed E-state index contributed by atoms with van der Waals surface area (Å²) in [6, 6.07) is 7.89. The summed E-state index contributed by atoms with van der Waals surface area (Å²) in [5, 5.41) is 5.13. The topological polar surface area (TPSA) is 108 Å². The molecule has 11 nitrogen and oxygen atoms in total. The van der Waals surface area contributed by atoms with Gasteiger partial charge in [-0.2, -0.15) is 0 Å². The first kappa shape index (κ1) is 38.7. The third-order valence-corrected chi connectivity index (χ3v) is 10.3. The maximum absolute atomic E-state index is 15.7. The van der Waals surface area contributed by atoms with E-state index in [1.807, 2.05) is 34.9 Å². The number of piperazine rings is 1. The van der Waals surface area contributed by atoms with Gasteiger partial charge in [-0.3, -0.25) is 29.5 Å². The number of aromatic nitrogens is 1. The quantitative estimate of drug-likeness (QED) is 0.319. The minimum absolute atomic E-state index is 0.0543. The van der Waals surface area contributed by atoms with Gasteiger partial charge in [-0.05, 0) is 68.1 Å². The Kier molecular flexibility index (Phi) is 12.2. The van der Waals surface area contributed by atoms with Crippen molar-refractivity contribution in [2.75, 3.05) is 70.8 Å². The van der Waals surface area contributed by atoms with Crippen LogP contribution in [0.5, 0.6) is 11.5 Å². The number of amides is 2. The number of halogens is 3. The van der Waals surface area contributed by atoms with E-state index in [0.717, 1.165) is 16.7 Å². The lowest BCUT2D eigenvalue weighted by atomic mass is 9.95. The number of hydrogen-bond acceptors (Lipinski definition) is 9. The van der Waals surface area contributed by atoms with Crippen molar-refractivity contribution in [2.24, 2.45) is 7.05 Å². The first-order valence-electron chi connectivity index (χ1n) is 17.6. The highest BCUT2D eigenvalue weighted by Crippen LogP contribution is 2.39. The molecular weight excluding hydrogens is 677 g/mol. The number of carbonyl (C=O) groups excluding carboxylic acids is 2. The molecule has 2 aromatic carbocycles. The van der Waals surface area contributed by atoms with Crippen LogP contribution < -0.4 is 30.6 Å². The van der Waals surface area contributed by atoms with Crippen molar-refractivity contribution in [3.8, 4) is 22.6 Å². The third kappa shape index (κ3) is 8.55. The predicted octanol–water partition coefficient (Wildman–Crippen LogP) is 4.71. The normalized spacial score (nSPS) is 19.4. The Hall–Kier alpha value is -4.56. The fourth-order valence-corrected chi connectivity index (χ4v) is 7.25. The van der Waals surface area contributed by atoms with Crippen molar-refractivity contribution >= 4 is 23.2 Å². The number of benzene rings is 2. The van der Waals surface area contributed by atoms with E-state index in [-0.39, 0.29) is 36.3 Å². The molecule has 6 rings (SSSR count). The number of rotatable bonds is 8. The molecule has 3 aromatic rings. The molecule has 52 heavy (non-hydrogen) atoms. The average Bonchev–Trinajstić information content (AvgIpc) is 3.12. The van der Waals surface area contributed by atoms with Gasteiger partial charge < -0.3 is 24.3 Å². The van der Waals surface area contributed by atoms with Crippen LogP contribution in [0.4, 0.5) is 24.5 Å². The summed E-state index contributed by atoms with van der Waals surface area (Å²) in [4.78, 5) is 38.6. The Bertz CT molecular complexity index is 1800. The van der Waals surface area contributed by atoms with Gasteiger partial charge in [0.15, 0.2) is 0 Å². The molecule has 2 N–H and O–H groups in total. The number of aryl methyl sites for hydroxylation is 1. The van der Waals surface area contributed by atoms with Gasteiger partial charge in [-0.1, -0.05) is 0 Å². The molecule has 1 atom stereocenters. The van der Waals surface area contributed by atoms with Crippen LogP contribution >= 0.6 is 0 Å². The van der Waals surface area contributed by atoms with Gasteiger partial charge in [0, 0.05) is 89.2 Å². The van der Waals surface area contributed by atoms with Gasteiger partial charge >= 0.3 is 0 Å². The minimum Gasteiger partial charge on any atom is -0.496 e. The van der Waals surface area contributed by atoms with E-state index < -0.39 is 12.0 Å². The van der Waals surface area contributed by atoms with Crippen LogP contribution in [0.1, 0.15) is 42.4 Å². The molecule has 14 heteroatoms. The predicted molar refractivity (Wildman–Crippen MR) is 195 cm³/mol. The molecule has 0 bridgehead atoms. The monoisotopic (exact) mass is 726 g/mol. The van der Waals surface area contributed by atoms with Crippen LogP contribution in [0.15, 0.2) is 41.3 Å². The summed E-state index contributed by atoms with van der Waals surface area (Å²) < 4.78 is 59.1. The number of pyridine rings is 1. The van der Waals surface area contributed by atoms with Crippen molar-refractivity contribution in [1.29, 1.82) is 0 Å².